The minimum absolute atomic E-state index is 0. The van der Waals surface area contributed by atoms with Crippen molar-refractivity contribution in [2.75, 3.05) is 11.9 Å². The molecule has 0 saturated carbocycles. The number of amides is 1. The zero-order valence-corrected chi connectivity index (χ0v) is 18.9. The van der Waals surface area contributed by atoms with Gasteiger partial charge in [-0.05, 0) is 49.2 Å². The molecule has 2 aromatic carbocycles. The number of hydrogen-bond acceptors (Lipinski definition) is 2. The largest absolute Gasteiger partial charge is 0.357 e. The van der Waals surface area contributed by atoms with Crippen LogP contribution in [0.3, 0.4) is 0 Å². The summed E-state index contributed by atoms with van der Waals surface area (Å²) in [5.74, 6) is -0.445. The highest BCUT2D eigenvalue weighted by Crippen LogP contribution is 2.12. The Hall–Kier alpha value is -2.23. The summed E-state index contributed by atoms with van der Waals surface area (Å²) >= 11 is 0. The first kappa shape index (κ1) is 24.8. The van der Waals surface area contributed by atoms with E-state index in [0.717, 1.165) is 35.9 Å². The van der Waals surface area contributed by atoms with Gasteiger partial charge < -0.3 is 16.0 Å². The molecule has 0 aliphatic heterocycles. The van der Waals surface area contributed by atoms with Crippen molar-refractivity contribution >= 4 is 41.5 Å². The van der Waals surface area contributed by atoms with Crippen LogP contribution in [-0.2, 0) is 17.9 Å². The fourth-order valence-corrected chi connectivity index (χ4v) is 2.51. The Bertz CT molecular complexity index is 813. The molecule has 0 bridgehead atoms. The normalized spacial score (nSPS) is 10.8. The van der Waals surface area contributed by atoms with Crippen molar-refractivity contribution in [2.45, 2.75) is 39.8 Å². The highest BCUT2D eigenvalue weighted by atomic mass is 127. The maximum Gasteiger partial charge on any atom is 0.224 e. The van der Waals surface area contributed by atoms with Gasteiger partial charge in [0.25, 0.3) is 0 Å². The van der Waals surface area contributed by atoms with Crippen LogP contribution in [0.25, 0.3) is 0 Å². The Morgan fingerprint density at radius 1 is 1.03 bits per heavy atom. The molecule has 0 aromatic heterocycles. The molecule has 2 rings (SSSR count). The molecule has 0 radical (unpaired) electrons. The van der Waals surface area contributed by atoms with Crippen LogP contribution in [0.4, 0.5) is 14.5 Å². The molecule has 0 fully saturated rings. The first-order valence-electron chi connectivity index (χ1n) is 9.36. The van der Waals surface area contributed by atoms with E-state index in [0.29, 0.717) is 25.5 Å². The van der Waals surface area contributed by atoms with Crippen LogP contribution in [0.2, 0.25) is 0 Å². The zero-order chi connectivity index (χ0) is 20.4. The lowest BCUT2D eigenvalue weighted by molar-refractivity contribution is -0.116. The van der Waals surface area contributed by atoms with Gasteiger partial charge in [0.2, 0.25) is 5.91 Å². The Morgan fingerprint density at radius 2 is 1.76 bits per heavy atom. The number of hydrogen-bond donors (Lipinski definition) is 3. The van der Waals surface area contributed by atoms with Gasteiger partial charge in [-0.25, -0.2) is 13.8 Å². The Balaban J connectivity index is 0.00000420. The number of anilines is 1. The Labute approximate surface area is 187 Å². The van der Waals surface area contributed by atoms with E-state index in [4.69, 9.17) is 0 Å². The predicted molar refractivity (Wildman–Crippen MR) is 123 cm³/mol. The number of carbonyl (C=O) groups excluding carboxylic acids is 1. The molecular weight excluding hydrogens is 489 g/mol. The third-order valence-electron chi connectivity index (χ3n) is 3.93. The minimum Gasteiger partial charge on any atom is -0.357 e. The molecule has 2 aromatic rings. The van der Waals surface area contributed by atoms with E-state index in [1.165, 1.54) is 0 Å². The van der Waals surface area contributed by atoms with Crippen LogP contribution in [0, 0.1) is 11.6 Å². The van der Waals surface area contributed by atoms with Crippen LogP contribution in [0.1, 0.15) is 37.8 Å². The quantitative estimate of drug-likeness (QED) is 0.274. The molecule has 0 spiro atoms. The number of benzene rings is 2. The average Bonchev–Trinajstić information content (AvgIpc) is 2.68. The molecule has 8 heteroatoms. The Kier molecular flexibility index (Phi) is 11.2. The summed E-state index contributed by atoms with van der Waals surface area (Å²) in [6, 6.07) is 10.8. The Morgan fingerprint density at radius 3 is 2.41 bits per heavy atom. The first-order valence-corrected chi connectivity index (χ1v) is 9.36. The summed E-state index contributed by atoms with van der Waals surface area (Å²) in [6.07, 6.45) is 1.30. The van der Waals surface area contributed by atoms with Crippen molar-refractivity contribution < 1.29 is 13.6 Å². The van der Waals surface area contributed by atoms with Crippen LogP contribution in [0.5, 0.6) is 0 Å². The van der Waals surface area contributed by atoms with Gasteiger partial charge in [0.1, 0.15) is 11.6 Å². The van der Waals surface area contributed by atoms with Gasteiger partial charge in [0.05, 0.1) is 6.54 Å². The summed E-state index contributed by atoms with van der Waals surface area (Å²) in [4.78, 5) is 16.1. The third kappa shape index (κ3) is 8.76. The van der Waals surface area contributed by atoms with E-state index >= 15 is 0 Å². The summed E-state index contributed by atoms with van der Waals surface area (Å²) in [5, 5.41) is 8.91. The minimum atomic E-state index is -0.480. The van der Waals surface area contributed by atoms with E-state index < -0.39 is 11.6 Å². The lowest BCUT2D eigenvalue weighted by Crippen LogP contribution is -2.37. The molecule has 0 aliphatic rings. The molecule has 5 nitrogen and oxygen atoms in total. The number of nitrogens with zero attached hydrogens (tertiary/aromatic N) is 1. The first-order chi connectivity index (χ1) is 13.5. The van der Waals surface area contributed by atoms with Crippen LogP contribution in [-0.4, -0.2) is 18.4 Å². The van der Waals surface area contributed by atoms with Crippen LogP contribution < -0.4 is 16.0 Å². The number of guanidine groups is 1. The summed E-state index contributed by atoms with van der Waals surface area (Å²) in [6.45, 7) is 5.05. The van der Waals surface area contributed by atoms with Crippen molar-refractivity contribution in [3.63, 3.8) is 0 Å². The van der Waals surface area contributed by atoms with Gasteiger partial charge in [-0.15, -0.1) is 24.0 Å². The highest BCUT2D eigenvalue weighted by Gasteiger charge is 2.05. The van der Waals surface area contributed by atoms with Crippen molar-refractivity contribution in [1.82, 2.24) is 10.6 Å². The van der Waals surface area contributed by atoms with E-state index in [-0.39, 0.29) is 42.0 Å². The van der Waals surface area contributed by atoms with Crippen molar-refractivity contribution in [1.29, 1.82) is 0 Å². The maximum atomic E-state index is 13.7. The third-order valence-corrected chi connectivity index (χ3v) is 3.93. The fourth-order valence-electron chi connectivity index (χ4n) is 2.51. The van der Waals surface area contributed by atoms with E-state index in [9.17, 15) is 13.6 Å². The standard InChI is InChI=1S/C21H26F2N4O.HI/c1-3-5-20(28)27-18-9-6-15(7-10-18)13-25-21(24-4-2)26-14-16-12-17(22)8-11-19(16)23;/h6-12H,3-5,13-14H2,1-2H3,(H,27,28)(H2,24,25,26);1H. The van der Waals surface area contributed by atoms with Gasteiger partial charge in [-0.2, -0.15) is 0 Å². The molecule has 0 heterocycles. The molecule has 1 amide bonds. The number of nitrogens with one attached hydrogen (secondary N) is 3. The molecule has 0 saturated heterocycles. The van der Waals surface area contributed by atoms with Gasteiger partial charge in [0.15, 0.2) is 5.96 Å². The molecule has 158 valence electrons. The summed E-state index contributed by atoms with van der Waals surface area (Å²) in [7, 11) is 0. The molecule has 29 heavy (non-hydrogen) atoms. The lowest BCUT2D eigenvalue weighted by atomic mass is 10.2. The van der Waals surface area contributed by atoms with Crippen LogP contribution in [0.15, 0.2) is 47.5 Å². The summed E-state index contributed by atoms with van der Waals surface area (Å²) in [5.41, 5.74) is 1.94. The number of halogens is 3. The van der Waals surface area contributed by atoms with Gasteiger partial charge in [0, 0.05) is 30.8 Å². The van der Waals surface area contributed by atoms with Crippen LogP contribution >= 0.6 is 24.0 Å². The second kappa shape index (κ2) is 13.1. The second-order valence-corrected chi connectivity index (χ2v) is 6.28. The van der Waals surface area contributed by atoms with E-state index in [2.05, 4.69) is 20.9 Å². The maximum absolute atomic E-state index is 13.7. The molecular formula is C21H27F2IN4O. The molecule has 3 N–H and O–H groups in total. The molecule has 0 aliphatic carbocycles. The average molecular weight is 516 g/mol. The van der Waals surface area contributed by atoms with Gasteiger partial charge >= 0.3 is 0 Å². The number of rotatable bonds is 8. The molecule has 0 atom stereocenters. The van der Waals surface area contributed by atoms with E-state index in [1.54, 1.807) is 0 Å². The van der Waals surface area contributed by atoms with Crippen molar-refractivity contribution in [3.05, 3.63) is 65.2 Å². The lowest BCUT2D eigenvalue weighted by Gasteiger charge is -2.12. The number of carbonyl (C=O) groups is 1. The van der Waals surface area contributed by atoms with E-state index in [1.807, 2.05) is 38.1 Å². The van der Waals surface area contributed by atoms with Gasteiger partial charge in [-0.1, -0.05) is 19.1 Å². The smallest absolute Gasteiger partial charge is 0.224 e. The summed E-state index contributed by atoms with van der Waals surface area (Å²) < 4.78 is 27.0. The number of aliphatic imine (C=N–C) groups is 1. The topological polar surface area (TPSA) is 65.5 Å². The highest BCUT2D eigenvalue weighted by molar-refractivity contribution is 14.0. The van der Waals surface area contributed by atoms with Crippen molar-refractivity contribution in [3.8, 4) is 0 Å². The fraction of sp³-hybridized carbons (Fsp3) is 0.333. The zero-order valence-electron chi connectivity index (χ0n) is 16.6. The molecule has 0 unspecified atom stereocenters. The predicted octanol–water partition coefficient (Wildman–Crippen LogP) is 4.58. The van der Waals surface area contributed by atoms with Gasteiger partial charge in [-0.3, -0.25) is 4.79 Å². The monoisotopic (exact) mass is 516 g/mol. The van der Waals surface area contributed by atoms with Crippen molar-refractivity contribution in [2.24, 2.45) is 4.99 Å². The second-order valence-electron chi connectivity index (χ2n) is 6.28. The SMILES string of the molecule is CCCC(=O)Nc1ccc(CN=C(NCC)NCc2cc(F)ccc2F)cc1.I.